The van der Waals surface area contributed by atoms with Gasteiger partial charge in [-0.3, -0.25) is 4.90 Å². The first kappa shape index (κ1) is 22.3. The number of sulfonamides is 1. The Balaban J connectivity index is 1.42. The van der Waals surface area contributed by atoms with Crippen LogP contribution in [0.25, 0.3) is 11.1 Å². The lowest BCUT2D eigenvalue weighted by molar-refractivity contribution is -0.0554. The van der Waals surface area contributed by atoms with E-state index in [0.29, 0.717) is 13.1 Å². The summed E-state index contributed by atoms with van der Waals surface area (Å²) in [5.41, 5.74) is 3.45. The molecule has 2 aliphatic rings. The number of aliphatic hydroxyl groups excluding tert-OH is 1. The number of benzene rings is 2. The number of fused-ring (bicyclic) bond motifs is 1. The van der Waals surface area contributed by atoms with Gasteiger partial charge in [0.25, 0.3) is 10.0 Å². The summed E-state index contributed by atoms with van der Waals surface area (Å²) in [4.78, 5) is 6.39. The second kappa shape index (κ2) is 9.02. The van der Waals surface area contributed by atoms with E-state index in [2.05, 4.69) is 46.3 Å². The number of rotatable bonds is 5. The Labute approximate surface area is 195 Å². The van der Waals surface area contributed by atoms with Crippen LogP contribution in [0.1, 0.15) is 24.3 Å². The summed E-state index contributed by atoms with van der Waals surface area (Å²) < 4.78 is 29.9. The van der Waals surface area contributed by atoms with E-state index in [1.54, 1.807) is 22.1 Å². The Morgan fingerprint density at radius 1 is 1.00 bits per heavy atom. The molecule has 2 fully saturated rings. The molecule has 174 valence electrons. The molecule has 2 aromatic carbocycles. The molecule has 2 saturated heterocycles. The van der Waals surface area contributed by atoms with Crippen molar-refractivity contribution in [2.24, 2.45) is 7.05 Å². The standard InChI is InChI=1S/C25H30N4O3S/c1-27-16-24(26-18-27)33(31,32)28-13-5-6-14-29-22(15-28)25(23(29)17-30)21-11-9-20(10-12-21)19-7-3-2-4-8-19/h2-4,7-12,16,18,22-23,25,30H,5-6,13-15,17H2,1H3/t22-,23-,25+/m0/s1. The van der Waals surface area contributed by atoms with Gasteiger partial charge in [0.2, 0.25) is 0 Å². The zero-order chi connectivity index (χ0) is 23.0. The zero-order valence-corrected chi connectivity index (χ0v) is 19.6. The number of hydrogen-bond acceptors (Lipinski definition) is 5. The van der Waals surface area contributed by atoms with Crippen LogP contribution in [0.2, 0.25) is 0 Å². The molecule has 0 amide bonds. The third kappa shape index (κ3) is 4.12. The molecule has 2 aliphatic heterocycles. The highest BCUT2D eigenvalue weighted by Gasteiger charge is 2.50. The molecule has 0 aliphatic carbocycles. The van der Waals surface area contributed by atoms with Gasteiger partial charge < -0.3 is 9.67 Å². The number of aryl methyl sites for hydroxylation is 1. The molecular weight excluding hydrogens is 436 g/mol. The number of hydrogen-bond donors (Lipinski definition) is 1. The Hall–Kier alpha value is -2.52. The Bertz CT molecular complexity index is 1190. The van der Waals surface area contributed by atoms with Crippen molar-refractivity contribution >= 4 is 10.0 Å². The van der Waals surface area contributed by atoms with Crippen LogP contribution in [0.4, 0.5) is 0 Å². The van der Waals surface area contributed by atoms with Crippen LogP contribution in [-0.2, 0) is 17.1 Å². The van der Waals surface area contributed by atoms with Crippen molar-refractivity contribution in [3.63, 3.8) is 0 Å². The predicted octanol–water partition coefficient (Wildman–Crippen LogP) is 2.70. The molecule has 5 rings (SSSR count). The molecule has 3 aromatic rings. The van der Waals surface area contributed by atoms with Crippen molar-refractivity contribution in [3.05, 3.63) is 72.7 Å². The van der Waals surface area contributed by atoms with Gasteiger partial charge in [-0.15, -0.1) is 0 Å². The first-order chi connectivity index (χ1) is 16.0. The van der Waals surface area contributed by atoms with Crippen molar-refractivity contribution in [3.8, 4) is 11.1 Å². The van der Waals surface area contributed by atoms with Crippen LogP contribution in [0, 0.1) is 0 Å². The van der Waals surface area contributed by atoms with E-state index in [4.69, 9.17) is 0 Å². The van der Waals surface area contributed by atoms with Crippen molar-refractivity contribution in [2.45, 2.75) is 35.9 Å². The Kier molecular flexibility index (Phi) is 6.09. The molecule has 3 atom stereocenters. The van der Waals surface area contributed by atoms with Gasteiger partial charge in [0.1, 0.15) is 0 Å². The van der Waals surface area contributed by atoms with Crippen LogP contribution in [0.3, 0.4) is 0 Å². The summed E-state index contributed by atoms with van der Waals surface area (Å²) in [6.45, 7) is 1.84. The second-order valence-electron chi connectivity index (χ2n) is 9.02. The molecule has 0 spiro atoms. The molecule has 7 nitrogen and oxygen atoms in total. The summed E-state index contributed by atoms with van der Waals surface area (Å²) in [5, 5.41) is 10.3. The van der Waals surface area contributed by atoms with Crippen molar-refractivity contribution in [1.29, 1.82) is 0 Å². The van der Waals surface area contributed by atoms with Gasteiger partial charge in [-0.05, 0) is 36.1 Å². The molecule has 8 heteroatoms. The average molecular weight is 467 g/mol. The normalized spacial score (nSPS) is 24.5. The number of nitrogens with zero attached hydrogens (tertiary/aromatic N) is 4. The Morgan fingerprint density at radius 2 is 1.70 bits per heavy atom. The fraction of sp³-hybridized carbons (Fsp3) is 0.400. The number of aliphatic hydroxyl groups is 1. The highest BCUT2D eigenvalue weighted by molar-refractivity contribution is 7.89. The molecule has 0 unspecified atom stereocenters. The van der Waals surface area contributed by atoms with E-state index < -0.39 is 10.0 Å². The quantitative estimate of drug-likeness (QED) is 0.626. The third-order valence-electron chi connectivity index (χ3n) is 7.02. The van der Waals surface area contributed by atoms with E-state index in [9.17, 15) is 13.5 Å². The number of aromatic nitrogens is 2. The van der Waals surface area contributed by atoms with E-state index >= 15 is 0 Å². The van der Waals surface area contributed by atoms with Crippen LogP contribution >= 0.6 is 0 Å². The molecule has 0 saturated carbocycles. The van der Waals surface area contributed by atoms with Gasteiger partial charge >= 0.3 is 0 Å². The molecular formula is C25H30N4O3S. The van der Waals surface area contributed by atoms with Gasteiger partial charge in [-0.1, -0.05) is 54.6 Å². The van der Waals surface area contributed by atoms with Crippen LogP contribution in [0.15, 0.2) is 72.1 Å². The topological polar surface area (TPSA) is 78.7 Å². The second-order valence-corrected chi connectivity index (χ2v) is 10.9. The average Bonchev–Trinajstić information content (AvgIpc) is 3.26. The molecule has 1 aromatic heterocycles. The molecule has 1 N–H and O–H groups in total. The van der Waals surface area contributed by atoms with Crippen LogP contribution in [0.5, 0.6) is 0 Å². The van der Waals surface area contributed by atoms with E-state index in [-0.39, 0.29) is 29.6 Å². The SMILES string of the molecule is Cn1cnc(S(=O)(=O)N2CCCCN3[C@@H](CO)[C@H](c4ccc(-c5ccccc5)cc4)[C@@H]3C2)c1. The minimum Gasteiger partial charge on any atom is -0.395 e. The van der Waals surface area contributed by atoms with Gasteiger partial charge in [0.15, 0.2) is 5.03 Å². The lowest BCUT2D eigenvalue weighted by atomic mass is 9.74. The predicted molar refractivity (Wildman–Crippen MR) is 127 cm³/mol. The fourth-order valence-corrected chi connectivity index (χ4v) is 6.77. The minimum atomic E-state index is -3.66. The van der Waals surface area contributed by atoms with Gasteiger partial charge in [-0.25, -0.2) is 13.4 Å². The molecule has 0 radical (unpaired) electrons. The maximum absolute atomic E-state index is 13.3. The highest BCUT2D eigenvalue weighted by atomic mass is 32.2. The number of imidazole rings is 1. The molecule has 0 bridgehead atoms. The monoisotopic (exact) mass is 466 g/mol. The molecule has 3 heterocycles. The van der Waals surface area contributed by atoms with Gasteiger partial charge in [0.05, 0.1) is 12.9 Å². The summed E-state index contributed by atoms with van der Waals surface area (Å²) in [7, 11) is -1.89. The Morgan fingerprint density at radius 3 is 2.36 bits per heavy atom. The summed E-state index contributed by atoms with van der Waals surface area (Å²) in [5.74, 6) is 0.0827. The van der Waals surface area contributed by atoms with E-state index in [0.717, 1.165) is 36.1 Å². The van der Waals surface area contributed by atoms with Gasteiger partial charge in [0, 0.05) is 44.3 Å². The van der Waals surface area contributed by atoms with Crippen LogP contribution in [-0.4, -0.2) is 70.6 Å². The fourth-order valence-electron chi connectivity index (χ4n) is 5.31. The van der Waals surface area contributed by atoms with Crippen LogP contribution < -0.4 is 0 Å². The van der Waals surface area contributed by atoms with E-state index in [1.807, 2.05) is 18.2 Å². The summed E-state index contributed by atoms with van der Waals surface area (Å²) in [6, 6.07) is 18.8. The lowest BCUT2D eigenvalue weighted by Crippen LogP contribution is -2.67. The van der Waals surface area contributed by atoms with Crippen molar-refractivity contribution in [1.82, 2.24) is 18.8 Å². The molecule has 33 heavy (non-hydrogen) atoms. The zero-order valence-electron chi connectivity index (χ0n) is 18.8. The first-order valence-electron chi connectivity index (χ1n) is 11.5. The van der Waals surface area contributed by atoms with E-state index in [1.165, 1.54) is 6.33 Å². The summed E-state index contributed by atoms with van der Waals surface area (Å²) in [6.07, 6.45) is 4.78. The smallest absolute Gasteiger partial charge is 0.262 e. The minimum absolute atomic E-state index is 0.00933. The lowest BCUT2D eigenvalue weighted by Gasteiger charge is -2.57. The largest absolute Gasteiger partial charge is 0.395 e. The van der Waals surface area contributed by atoms with Gasteiger partial charge in [-0.2, -0.15) is 4.31 Å². The maximum atomic E-state index is 13.3. The third-order valence-corrected chi connectivity index (χ3v) is 8.77. The first-order valence-corrected chi connectivity index (χ1v) is 12.9. The summed E-state index contributed by atoms with van der Waals surface area (Å²) >= 11 is 0. The van der Waals surface area contributed by atoms with Crippen molar-refractivity contribution in [2.75, 3.05) is 26.2 Å². The van der Waals surface area contributed by atoms with Crippen molar-refractivity contribution < 1.29 is 13.5 Å². The maximum Gasteiger partial charge on any atom is 0.262 e. The highest BCUT2D eigenvalue weighted by Crippen LogP contribution is 2.42.